The van der Waals surface area contributed by atoms with Crippen LogP contribution in [-0.2, 0) is 11.3 Å². The van der Waals surface area contributed by atoms with Gasteiger partial charge in [-0.1, -0.05) is 6.92 Å². The molecule has 1 aliphatic heterocycles. The summed E-state index contributed by atoms with van der Waals surface area (Å²) < 4.78 is 5.24. The molecule has 5 nitrogen and oxygen atoms in total. The van der Waals surface area contributed by atoms with Gasteiger partial charge in [-0.15, -0.1) is 35.3 Å². The fourth-order valence-electron chi connectivity index (χ4n) is 1.84. The Labute approximate surface area is 141 Å². The molecular formula is C13H23IN4OS. The third kappa shape index (κ3) is 4.56. The lowest BCUT2D eigenvalue weighted by Crippen LogP contribution is -2.50. The first kappa shape index (κ1) is 17.6. The maximum atomic E-state index is 5.24. The summed E-state index contributed by atoms with van der Waals surface area (Å²) >= 11 is 1.73. The lowest BCUT2D eigenvalue weighted by molar-refractivity contribution is -0.0971. The second kappa shape index (κ2) is 7.56. The second-order valence-electron chi connectivity index (χ2n) is 5.33. The minimum Gasteiger partial charge on any atom is -0.380 e. The first-order valence-electron chi connectivity index (χ1n) is 6.47. The predicted octanol–water partition coefficient (Wildman–Crippen LogP) is 2.08. The second-order valence-corrected chi connectivity index (χ2v) is 6.62. The third-order valence-electron chi connectivity index (χ3n) is 3.29. The molecule has 1 fully saturated rings. The molecule has 7 heteroatoms. The lowest BCUT2D eigenvalue weighted by atomic mass is 9.89. The number of halogens is 1. The van der Waals surface area contributed by atoms with Gasteiger partial charge < -0.3 is 15.4 Å². The van der Waals surface area contributed by atoms with Gasteiger partial charge >= 0.3 is 0 Å². The zero-order valence-corrected chi connectivity index (χ0v) is 15.6. The Kier molecular flexibility index (Phi) is 6.67. The van der Waals surface area contributed by atoms with E-state index in [4.69, 9.17) is 4.74 Å². The number of rotatable bonds is 4. The zero-order chi connectivity index (χ0) is 13.9. The van der Waals surface area contributed by atoms with Crippen LogP contribution >= 0.6 is 35.3 Å². The van der Waals surface area contributed by atoms with E-state index in [-0.39, 0.29) is 29.4 Å². The Bertz CT molecular complexity index is 451. The van der Waals surface area contributed by atoms with Crippen LogP contribution in [-0.4, -0.2) is 37.7 Å². The number of hydrogen-bond acceptors (Lipinski definition) is 4. The molecule has 1 saturated heterocycles. The molecule has 0 saturated carbocycles. The van der Waals surface area contributed by atoms with Gasteiger partial charge in [0.2, 0.25) is 0 Å². The van der Waals surface area contributed by atoms with Crippen LogP contribution in [0.15, 0.2) is 4.99 Å². The van der Waals surface area contributed by atoms with Crippen molar-refractivity contribution in [2.45, 2.75) is 27.3 Å². The highest BCUT2D eigenvalue weighted by Gasteiger charge is 2.33. The van der Waals surface area contributed by atoms with Crippen molar-refractivity contribution in [1.29, 1.82) is 0 Å². The van der Waals surface area contributed by atoms with Gasteiger partial charge in [-0.3, -0.25) is 4.99 Å². The highest BCUT2D eigenvalue weighted by Crippen LogP contribution is 2.24. The summed E-state index contributed by atoms with van der Waals surface area (Å²) in [5, 5.41) is 7.73. The summed E-state index contributed by atoms with van der Waals surface area (Å²) in [6.07, 6.45) is 0. The zero-order valence-electron chi connectivity index (χ0n) is 12.4. The fourth-order valence-corrected chi connectivity index (χ4v) is 2.72. The molecule has 114 valence electrons. The molecule has 1 aromatic heterocycles. The number of guanidine groups is 1. The van der Waals surface area contributed by atoms with Crippen molar-refractivity contribution >= 4 is 41.3 Å². The van der Waals surface area contributed by atoms with Gasteiger partial charge in [0, 0.05) is 23.9 Å². The molecule has 2 N–H and O–H groups in total. The predicted molar refractivity (Wildman–Crippen MR) is 94.1 cm³/mol. The lowest BCUT2D eigenvalue weighted by Gasteiger charge is -2.38. The van der Waals surface area contributed by atoms with Gasteiger partial charge in [0.15, 0.2) is 5.96 Å². The Morgan fingerprint density at radius 3 is 2.55 bits per heavy atom. The number of thiazole rings is 1. The molecule has 0 aliphatic carbocycles. The molecule has 2 rings (SSSR count). The topological polar surface area (TPSA) is 58.5 Å². The quantitative estimate of drug-likeness (QED) is 0.454. The molecule has 0 spiro atoms. The summed E-state index contributed by atoms with van der Waals surface area (Å²) in [4.78, 5) is 10.0. The number of aliphatic imine (C=N–C) groups is 1. The van der Waals surface area contributed by atoms with Crippen molar-refractivity contribution in [3.63, 3.8) is 0 Å². The van der Waals surface area contributed by atoms with Crippen LogP contribution in [0.4, 0.5) is 0 Å². The fraction of sp³-hybridized carbons (Fsp3) is 0.692. The van der Waals surface area contributed by atoms with E-state index >= 15 is 0 Å². The van der Waals surface area contributed by atoms with Gasteiger partial charge in [0.25, 0.3) is 0 Å². The molecule has 0 radical (unpaired) electrons. The molecule has 0 aromatic carbocycles. The molecule has 0 atom stereocenters. The average molecular weight is 410 g/mol. The molecule has 20 heavy (non-hydrogen) atoms. The van der Waals surface area contributed by atoms with E-state index in [1.165, 1.54) is 4.88 Å². The summed E-state index contributed by atoms with van der Waals surface area (Å²) in [5.74, 6) is 0.818. The van der Waals surface area contributed by atoms with Crippen LogP contribution < -0.4 is 10.6 Å². The Morgan fingerprint density at radius 2 is 2.10 bits per heavy atom. The summed E-state index contributed by atoms with van der Waals surface area (Å²) in [7, 11) is 1.79. The van der Waals surface area contributed by atoms with E-state index < -0.39 is 0 Å². The first-order chi connectivity index (χ1) is 9.02. The van der Waals surface area contributed by atoms with E-state index in [1.807, 2.05) is 6.92 Å². The molecule has 0 unspecified atom stereocenters. The molecule has 0 bridgehead atoms. The van der Waals surface area contributed by atoms with Crippen LogP contribution in [0.1, 0.15) is 22.5 Å². The number of ether oxygens (including phenoxy) is 1. The SMILES string of the molecule is CN=C(NCc1nc(C)c(C)s1)NCC1(C)COC1.I. The van der Waals surface area contributed by atoms with Crippen molar-refractivity contribution in [1.82, 2.24) is 15.6 Å². The highest BCUT2D eigenvalue weighted by atomic mass is 127. The summed E-state index contributed by atoms with van der Waals surface area (Å²) in [6.45, 7) is 9.59. The minimum absolute atomic E-state index is 0. The van der Waals surface area contributed by atoms with Gasteiger partial charge in [-0.05, 0) is 13.8 Å². The number of aryl methyl sites for hydroxylation is 2. The van der Waals surface area contributed by atoms with Crippen LogP contribution in [0.25, 0.3) is 0 Å². The highest BCUT2D eigenvalue weighted by molar-refractivity contribution is 14.0. The largest absolute Gasteiger partial charge is 0.380 e. The van der Waals surface area contributed by atoms with Crippen molar-refractivity contribution < 1.29 is 4.74 Å². The maximum Gasteiger partial charge on any atom is 0.191 e. The van der Waals surface area contributed by atoms with Gasteiger partial charge in [0.05, 0.1) is 25.5 Å². The van der Waals surface area contributed by atoms with Crippen LogP contribution in [0.3, 0.4) is 0 Å². The van der Waals surface area contributed by atoms with E-state index in [1.54, 1.807) is 18.4 Å². The number of hydrogen-bond donors (Lipinski definition) is 2. The monoisotopic (exact) mass is 410 g/mol. The molecule has 1 aliphatic rings. The van der Waals surface area contributed by atoms with Crippen LogP contribution in [0.2, 0.25) is 0 Å². The minimum atomic E-state index is 0. The Hall–Kier alpha value is -0.410. The maximum absolute atomic E-state index is 5.24. The van der Waals surface area contributed by atoms with E-state index in [0.29, 0.717) is 6.54 Å². The Balaban J connectivity index is 0.00000200. The van der Waals surface area contributed by atoms with Crippen molar-refractivity contribution in [3.8, 4) is 0 Å². The standard InChI is InChI=1S/C13H22N4OS.HI/c1-9-10(2)19-11(17-9)5-15-12(14-4)16-6-13(3)7-18-8-13;/h5-8H2,1-4H3,(H2,14,15,16);1H. The van der Waals surface area contributed by atoms with Crippen LogP contribution in [0.5, 0.6) is 0 Å². The van der Waals surface area contributed by atoms with E-state index in [2.05, 4.69) is 34.5 Å². The molecule has 0 amide bonds. The van der Waals surface area contributed by atoms with E-state index in [0.717, 1.165) is 36.4 Å². The summed E-state index contributed by atoms with van der Waals surface area (Å²) in [6, 6.07) is 0. The number of aromatic nitrogens is 1. The van der Waals surface area contributed by atoms with Gasteiger partial charge in [-0.2, -0.15) is 0 Å². The smallest absolute Gasteiger partial charge is 0.191 e. The molecule has 1 aromatic rings. The number of nitrogens with one attached hydrogen (secondary N) is 2. The molecule has 2 heterocycles. The average Bonchev–Trinajstić information content (AvgIpc) is 2.67. The van der Waals surface area contributed by atoms with E-state index in [9.17, 15) is 0 Å². The number of nitrogens with zero attached hydrogens (tertiary/aromatic N) is 2. The molecular weight excluding hydrogens is 387 g/mol. The first-order valence-corrected chi connectivity index (χ1v) is 7.29. The van der Waals surface area contributed by atoms with Crippen molar-refractivity contribution in [3.05, 3.63) is 15.6 Å². The van der Waals surface area contributed by atoms with Gasteiger partial charge in [0.1, 0.15) is 5.01 Å². The van der Waals surface area contributed by atoms with Crippen LogP contribution in [0, 0.1) is 19.3 Å². The van der Waals surface area contributed by atoms with Gasteiger partial charge in [-0.25, -0.2) is 4.98 Å². The van der Waals surface area contributed by atoms with Crippen molar-refractivity contribution in [2.75, 3.05) is 26.8 Å². The summed E-state index contributed by atoms with van der Waals surface area (Å²) in [5.41, 5.74) is 1.36. The normalized spacial score (nSPS) is 17.1. The van der Waals surface area contributed by atoms with Crippen molar-refractivity contribution in [2.24, 2.45) is 10.4 Å². The Morgan fingerprint density at radius 1 is 1.40 bits per heavy atom. The third-order valence-corrected chi connectivity index (χ3v) is 4.36.